The van der Waals surface area contributed by atoms with Gasteiger partial charge in [0.1, 0.15) is 0 Å². The van der Waals surface area contributed by atoms with Crippen LogP contribution in [0.3, 0.4) is 0 Å². The largest absolute Gasteiger partial charge is 0.311 e. The van der Waals surface area contributed by atoms with Gasteiger partial charge in [-0.05, 0) is 30.7 Å². The van der Waals surface area contributed by atoms with E-state index in [4.69, 9.17) is 0 Å². The van der Waals surface area contributed by atoms with Crippen molar-refractivity contribution in [2.45, 2.75) is 6.92 Å². The standard InChI is InChI=1S/C16H14N2O/c1-11-6-3-4-7-12(11)15-10-14-13(8-5-9-17-14)16(19)18(15)2/h3-10H,1-2H3. The Labute approximate surface area is 111 Å². The highest BCUT2D eigenvalue weighted by atomic mass is 16.1. The minimum atomic E-state index is -0.0103. The van der Waals surface area contributed by atoms with E-state index < -0.39 is 0 Å². The highest BCUT2D eigenvalue weighted by Crippen LogP contribution is 2.23. The SMILES string of the molecule is Cc1ccccc1-c1cc2ncccc2c(=O)n1C. The van der Waals surface area contributed by atoms with Crippen LogP contribution in [0.1, 0.15) is 5.56 Å². The van der Waals surface area contributed by atoms with Gasteiger partial charge >= 0.3 is 0 Å². The Hall–Kier alpha value is -2.42. The first kappa shape index (κ1) is 11.7. The van der Waals surface area contributed by atoms with E-state index in [9.17, 15) is 4.79 Å². The summed E-state index contributed by atoms with van der Waals surface area (Å²) in [5, 5.41) is 0.655. The van der Waals surface area contributed by atoms with Crippen molar-refractivity contribution in [3.05, 3.63) is 64.6 Å². The molecule has 0 N–H and O–H groups in total. The molecule has 3 aromatic rings. The van der Waals surface area contributed by atoms with Gasteiger partial charge in [0.15, 0.2) is 0 Å². The average molecular weight is 250 g/mol. The predicted molar refractivity (Wildman–Crippen MR) is 77.2 cm³/mol. The van der Waals surface area contributed by atoms with Gasteiger partial charge in [0.2, 0.25) is 0 Å². The highest BCUT2D eigenvalue weighted by molar-refractivity contribution is 5.82. The Bertz CT molecular complexity index is 818. The highest BCUT2D eigenvalue weighted by Gasteiger charge is 2.09. The first-order valence-electron chi connectivity index (χ1n) is 6.19. The molecule has 0 saturated heterocycles. The second-order valence-corrected chi connectivity index (χ2v) is 4.64. The minimum absolute atomic E-state index is 0.0103. The zero-order chi connectivity index (χ0) is 13.4. The topological polar surface area (TPSA) is 34.9 Å². The van der Waals surface area contributed by atoms with E-state index in [2.05, 4.69) is 4.98 Å². The smallest absolute Gasteiger partial charge is 0.260 e. The summed E-state index contributed by atoms with van der Waals surface area (Å²) in [6.45, 7) is 2.04. The van der Waals surface area contributed by atoms with Crippen molar-refractivity contribution in [2.75, 3.05) is 0 Å². The number of nitrogens with zero attached hydrogens (tertiary/aromatic N) is 2. The first-order chi connectivity index (χ1) is 9.18. The number of pyridine rings is 2. The van der Waals surface area contributed by atoms with Gasteiger partial charge in [0.05, 0.1) is 16.6 Å². The third-order valence-corrected chi connectivity index (χ3v) is 3.43. The summed E-state index contributed by atoms with van der Waals surface area (Å²) < 4.78 is 1.69. The van der Waals surface area contributed by atoms with Gasteiger partial charge in [-0.1, -0.05) is 24.3 Å². The second-order valence-electron chi connectivity index (χ2n) is 4.64. The van der Waals surface area contributed by atoms with Crippen LogP contribution in [0.4, 0.5) is 0 Å². The molecule has 0 atom stereocenters. The summed E-state index contributed by atoms with van der Waals surface area (Å²) in [5.74, 6) is 0. The fourth-order valence-electron chi connectivity index (χ4n) is 2.35. The van der Waals surface area contributed by atoms with Gasteiger partial charge in [-0.25, -0.2) is 0 Å². The van der Waals surface area contributed by atoms with Crippen LogP contribution in [0.15, 0.2) is 53.5 Å². The zero-order valence-electron chi connectivity index (χ0n) is 10.9. The molecule has 1 aromatic carbocycles. The lowest BCUT2D eigenvalue weighted by molar-refractivity contribution is 0.881. The first-order valence-corrected chi connectivity index (χ1v) is 6.19. The van der Waals surface area contributed by atoms with Crippen molar-refractivity contribution in [2.24, 2.45) is 7.05 Å². The average Bonchev–Trinajstić information content (AvgIpc) is 2.44. The van der Waals surface area contributed by atoms with Crippen LogP contribution in [0.2, 0.25) is 0 Å². The van der Waals surface area contributed by atoms with E-state index in [1.54, 1.807) is 23.9 Å². The lowest BCUT2D eigenvalue weighted by Crippen LogP contribution is -2.19. The van der Waals surface area contributed by atoms with Crippen LogP contribution in [0, 0.1) is 6.92 Å². The monoisotopic (exact) mass is 250 g/mol. The van der Waals surface area contributed by atoms with Gasteiger partial charge in [0, 0.05) is 18.8 Å². The molecule has 3 nitrogen and oxygen atoms in total. The van der Waals surface area contributed by atoms with Crippen LogP contribution in [-0.2, 0) is 7.05 Å². The Balaban J connectivity index is 2.40. The van der Waals surface area contributed by atoms with Crippen LogP contribution in [0.25, 0.3) is 22.2 Å². The molecule has 0 fully saturated rings. The number of aromatic nitrogens is 2. The van der Waals surface area contributed by atoms with E-state index in [0.717, 1.165) is 22.3 Å². The Morgan fingerprint density at radius 2 is 1.89 bits per heavy atom. The maximum atomic E-state index is 12.4. The van der Waals surface area contributed by atoms with Gasteiger partial charge in [-0.2, -0.15) is 0 Å². The van der Waals surface area contributed by atoms with E-state index in [-0.39, 0.29) is 5.56 Å². The van der Waals surface area contributed by atoms with Crippen LogP contribution in [0.5, 0.6) is 0 Å². The lowest BCUT2D eigenvalue weighted by Gasteiger charge is -2.12. The van der Waals surface area contributed by atoms with Crippen molar-refractivity contribution in [1.82, 2.24) is 9.55 Å². The maximum Gasteiger partial charge on any atom is 0.260 e. The summed E-state index contributed by atoms with van der Waals surface area (Å²) in [5.41, 5.74) is 3.84. The zero-order valence-corrected chi connectivity index (χ0v) is 10.9. The summed E-state index contributed by atoms with van der Waals surface area (Å²) in [6, 6.07) is 13.6. The maximum absolute atomic E-state index is 12.4. The number of aryl methyl sites for hydroxylation is 1. The molecule has 3 heteroatoms. The minimum Gasteiger partial charge on any atom is -0.311 e. The molecule has 2 aromatic heterocycles. The molecule has 0 aliphatic rings. The second kappa shape index (κ2) is 4.35. The van der Waals surface area contributed by atoms with Gasteiger partial charge in [0.25, 0.3) is 5.56 Å². The molecule has 2 heterocycles. The molecule has 94 valence electrons. The number of hydrogen-bond donors (Lipinski definition) is 0. The molecular formula is C16H14N2O. The summed E-state index contributed by atoms with van der Waals surface area (Å²) in [4.78, 5) is 16.6. The number of benzene rings is 1. The van der Waals surface area contributed by atoms with Gasteiger partial charge in [-0.15, -0.1) is 0 Å². The summed E-state index contributed by atoms with van der Waals surface area (Å²) >= 11 is 0. The van der Waals surface area contributed by atoms with Crippen LogP contribution < -0.4 is 5.56 Å². The van der Waals surface area contributed by atoms with E-state index in [1.165, 1.54) is 0 Å². The quantitative estimate of drug-likeness (QED) is 0.665. The van der Waals surface area contributed by atoms with Crippen molar-refractivity contribution in [3.63, 3.8) is 0 Å². The third kappa shape index (κ3) is 1.83. The van der Waals surface area contributed by atoms with Crippen molar-refractivity contribution < 1.29 is 0 Å². The van der Waals surface area contributed by atoms with Gasteiger partial charge < -0.3 is 4.57 Å². The Morgan fingerprint density at radius 1 is 1.11 bits per heavy atom. The molecule has 19 heavy (non-hydrogen) atoms. The molecule has 0 aliphatic heterocycles. The number of rotatable bonds is 1. The van der Waals surface area contributed by atoms with Crippen molar-refractivity contribution in [3.8, 4) is 11.3 Å². The van der Waals surface area contributed by atoms with E-state index >= 15 is 0 Å². The number of fused-ring (bicyclic) bond motifs is 1. The molecule has 0 saturated carbocycles. The molecule has 3 rings (SSSR count). The van der Waals surface area contributed by atoms with Crippen molar-refractivity contribution in [1.29, 1.82) is 0 Å². The van der Waals surface area contributed by atoms with E-state index in [0.29, 0.717) is 5.39 Å². The lowest BCUT2D eigenvalue weighted by atomic mass is 10.0. The fraction of sp³-hybridized carbons (Fsp3) is 0.125. The summed E-state index contributed by atoms with van der Waals surface area (Å²) in [6.07, 6.45) is 1.71. The third-order valence-electron chi connectivity index (χ3n) is 3.43. The number of hydrogen-bond acceptors (Lipinski definition) is 2. The van der Waals surface area contributed by atoms with E-state index in [1.807, 2.05) is 43.3 Å². The fourth-order valence-corrected chi connectivity index (χ4v) is 2.35. The molecule has 0 bridgehead atoms. The Kier molecular flexibility index (Phi) is 2.67. The van der Waals surface area contributed by atoms with Gasteiger partial charge in [-0.3, -0.25) is 9.78 Å². The van der Waals surface area contributed by atoms with Crippen molar-refractivity contribution >= 4 is 10.9 Å². The normalized spacial score (nSPS) is 10.8. The summed E-state index contributed by atoms with van der Waals surface area (Å²) in [7, 11) is 1.80. The molecule has 0 unspecified atom stereocenters. The molecular weight excluding hydrogens is 236 g/mol. The van der Waals surface area contributed by atoms with Crippen LogP contribution in [-0.4, -0.2) is 9.55 Å². The molecule has 0 radical (unpaired) electrons. The Morgan fingerprint density at radius 3 is 2.68 bits per heavy atom. The molecule has 0 amide bonds. The van der Waals surface area contributed by atoms with Crippen LogP contribution >= 0.6 is 0 Å². The molecule has 0 aliphatic carbocycles. The predicted octanol–water partition coefficient (Wildman–Crippen LogP) is 2.91. The molecule has 0 spiro atoms.